The molecule has 13 heavy (non-hydrogen) atoms. The minimum Gasteiger partial charge on any atom is -0.508 e. The van der Waals surface area contributed by atoms with Crippen molar-refractivity contribution >= 4 is 5.91 Å². The molecule has 3 nitrogen and oxygen atoms in total. The first-order valence-electron chi connectivity index (χ1n) is 6.20. The predicted octanol–water partition coefficient (Wildman–Crippen LogP) is 0.907. The quantitative estimate of drug-likeness (QED) is 0.678. The average molecular weight is 182 g/mol. The Kier molecular flexibility index (Phi) is 0.879. The fourth-order valence-electron chi connectivity index (χ4n) is 1.25. The van der Waals surface area contributed by atoms with Crippen molar-refractivity contribution < 1.29 is 16.8 Å². The van der Waals surface area contributed by atoms with Crippen molar-refractivity contribution in [2.75, 3.05) is 0 Å². The maximum atomic E-state index is 11.4. The lowest BCUT2D eigenvalue weighted by Gasteiger charge is -2.05. The number of nitrogens with two attached hydrogens (primary N) is 1. The van der Waals surface area contributed by atoms with Gasteiger partial charge in [-0.15, -0.1) is 0 Å². The van der Waals surface area contributed by atoms with Crippen LogP contribution in [0.3, 0.4) is 0 Å². The van der Waals surface area contributed by atoms with Gasteiger partial charge in [0.05, 0.1) is 5.89 Å². The van der Waals surface area contributed by atoms with Crippen molar-refractivity contribution in [2.45, 2.75) is 18.6 Å². The first kappa shape index (κ1) is 4.13. The second-order valence-corrected chi connectivity index (χ2v) is 2.72. The summed E-state index contributed by atoms with van der Waals surface area (Å²) in [4.78, 5) is 11.4. The van der Waals surface area contributed by atoms with Gasteiger partial charge in [-0.3, -0.25) is 4.79 Å². The van der Waals surface area contributed by atoms with Crippen LogP contribution in [0.2, 0.25) is 0 Å². The maximum Gasteiger partial charge on any atom is 0.224 e. The molecule has 0 aliphatic heterocycles. The number of aromatic hydroxyl groups is 1. The van der Waals surface area contributed by atoms with Crippen LogP contribution < -0.4 is 5.73 Å². The number of phenols is 1. The molecule has 0 saturated heterocycles. The van der Waals surface area contributed by atoms with Gasteiger partial charge in [-0.2, -0.15) is 0 Å². The van der Waals surface area contributed by atoms with Gasteiger partial charge in [0.1, 0.15) is 5.75 Å². The predicted molar refractivity (Wildman–Crippen MR) is 48.4 cm³/mol. The second-order valence-electron chi connectivity index (χ2n) is 2.72. The number of rotatable bonds is 1. The zero-order chi connectivity index (χ0) is 13.9. The van der Waals surface area contributed by atoms with E-state index in [-0.39, 0.29) is 16.9 Å². The van der Waals surface area contributed by atoms with Gasteiger partial charge in [-0.25, -0.2) is 0 Å². The SMILES string of the molecule is [2H]C1([2H])c2cc(O)ccc2C([2H])(C(N)=O)C1([2H])[2H]. The smallest absolute Gasteiger partial charge is 0.224 e. The molecule has 68 valence electrons. The third-order valence-electron chi connectivity index (χ3n) is 1.84. The third-order valence-corrected chi connectivity index (χ3v) is 1.84. The van der Waals surface area contributed by atoms with Crippen LogP contribution >= 0.6 is 0 Å². The topological polar surface area (TPSA) is 63.3 Å². The van der Waals surface area contributed by atoms with E-state index >= 15 is 0 Å². The number of hydrogen-bond donors (Lipinski definition) is 2. The fourth-order valence-corrected chi connectivity index (χ4v) is 1.25. The molecule has 0 bridgehead atoms. The molecule has 0 fully saturated rings. The lowest BCUT2D eigenvalue weighted by atomic mass is 10.0. The van der Waals surface area contributed by atoms with E-state index in [4.69, 9.17) is 12.6 Å². The molecule has 0 saturated carbocycles. The Morgan fingerprint density at radius 3 is 3.23 bits per heavy atom. The average Bonchev–Trinajstić information content (AvgIpc) is 2.37. The minimum atomic E-state index is -2.82. The van der Waals surface area contributed by atoms with Crippen molar-refractivity contribution in [1.82, 2.24) is 0 Å². The Hall–Kier alpha value is -1.51. The van der Waals surface area contributed by atoms with Gasteiger partial charge in [0, 0.05) is 6.85 Å². The van der Waals surface area contributed by atoms with Gasteiger partial charge in [-0.1, -0.05) is 6.07 Å². The zero-order valence-corrected chi connectivity index (χ0v) is 6.66. The van der Waals surface area contributed by atoms with Crippen LogP contribution in [0.1, 0.15) is 30.2 Å². The standard InChI is InChI=1S/C10H11NO2/c11-10(13)9-3-1-6-5-7(12)2-4-8(6)9/h2,4-5,9,12H,1,3H2,(H2,11,13)/i1D2,3D2,9D. The van der Waals surface area contributed by atoms with E-state index in [9.17, 15) is 9.90 Å². The lowest BCUT2D eigenvalue weighted by Crippen LogP contribution is -2.19. The Balaban J connectivity index is 2.86. The van der Waals surface area contributed by atoms with Gasteiger partial charge < -0.3 is 10.8 Å². The number of aryl methyl sites for hydroxylation is 1. The Bertz CT molecular complexity index is 545. The second kappa shape index (κ2) is 2.76. The molecular weight excluding hydrogens is 166 g/mol. The van der Waals surface area contributed by atoms with Crippen LogP contribution in [0, 0.1) is 0 Å². The molecule has 0 aromatic heterocycles. The Morgan fingerprint density at radius 1 is 1.77 bits per heavy atom. The van der Waals surface area contributed by atoms with E-state index in [0.717, 1.165) is 12.1 Å². The Morgan fingerprint density at radius 2 is 2.54 bits per heavy atom. The highest BCUT2D eigenvalue weighted by Gasteiger charge is 2.26. The molecule has 3 heteroatoms. The van der Waals surface area contributed by atoms with Gasteiger partial charge in [-0.05, 0) is 36.0 Å². The van der Waals surface area contributed by atoms with Gasteiger partial charge in [0.15, 0.2) is 0 Å². The normalized spacial score (nSPS) is 38.9. The van der Waals surface area contributed by atoms with E-state index in [1.54, 1.807) is 0 Å². The third kappa shape index (κ3) is 1.26. The molecule has 1 aliphatic carbocycles. The van der Waals surface area contributed by atoms with Crippen LogP contribution in [0.5, 0.6) is 5.75 Å². The summed E-state index contributed by atoms with van der Waals surface area (Å²) >= 11 is 0. The van der Waals surface area contributed by atoms with E-state index < -0.39 is 24.5 Å². The number of amides is 1. The van der Waals surface area contributed by atoms with Crippen LogP contribution in [0.25, 0.3) is 0 Å². The van der Waals surface area contributed by atoms with Crippen LogP contribution in [-0.4, -0.2) is 11.0 Å². The van der Waals surface area contributed by atoms with Crippen LogP contribution in [-0.2, 0) is 11.2 Å². The molecule has 1 aromatic carbocycles. The summed E-state index contributed by atoms with van der Waals surface area (Å²) in [5.41, 5.74) is 4.71. The number of fused-ring (bicyclic) bond motifs is 1. The molecule has 1 unspecified atom stereocenters. The van der Waals surface area contributed by atoms with Crippen LogP contribution in [0.15, 0.2) is 18.2 Å². The van der Waals surface area contributed by atoms with Crippen molar-refractivity contribution in [3.63, 3.8) is 0 Å². The molecular formula is C10H11NO2. The number of hydrogen-bond acceptors (Lipinski definition) is 2. The summed E-state index contributed by atoms with van der Waals surface area (Å²) in [6, 6.07) is 3.35. The molecule has 0 radical (unpaired) electrons. The number of phenolic OH excluding ortho intramolecular Hbond substituents is 1. The number of primary amides is 1. The molecule has 1 atom stereocenters. The molecule has 2 rings (SSSR count). The molecule has 1 aromatic rings. The highest BCUT2D eigenvalue weighted by molar-refractivity contribution is 5.83. The molecule has 0 spiro atoms. The monoisotopic (exact) mass is 182 g/mol. The summed E-state index contributed by atoms with van der Waals surface area (Å²) in [6.45, 7) is 0. The number of carbonyl (C=O) groups is 1. The largest absolute Gasteiger partial charge is 0.508 e. The fraction of sp³-hybridized carbons (Fsp3) is 0.300. The highest BCUT2D eigenvalue weighted by Crippen LogP contribution is 2.34. The number of carbonyl (C=O) groups excluding carboxylic acids is 1. The van der Waals surface area contributed by atoms with E-state index in [1.165, 1.54) is 6.07 Å². The first-order chi connectivity index (χ1) is 8.06. The van der Waals surface area contributed by atoms with Crippen molar-refractivity contribution in [1.29, 1.82) is 0 Å². The van der Waals surface area contributed by atoms with Crippen molar-refractivity contribution in [2.24, 2.45) is 5.73 Å². The van der Waals surface area contributed by atoms with Crippen LogP contribution in [0.4, 0.5) is 0 Å². The van der Waals surface area contributed by atoms with Gasteiger partial charge >= 0.3 is 0 Å². The molecule has 0 heterocycles. The molecule has 1 amide bonds. The van der Waals surface area contributed by atoms with Crippen molar-refractivity contribution in [3.05, 3.63) is 29.3 Å². The molecule has 3 N–H and O–H groups in total. The minimum absolute atomic E-state index is 0.150. The van der Waals surface area contributed by atoms with Gasteiger partial charge in [0.2, 0.25) is 5.91 Å². The lowest BCUT2D eigenvalue weighted by molar-refractivity contribution is -0.119. The summed E-state index contributed by atoms with van der Waals surface area (Å²) in [5, 5.41) is 9.34. The molecule has 1 aliphatic rings. The highest BCUT2D eigenvalue weighted by atomic mass is 16.3. The summed E-state index contributed by atoms with van der Waals surface area (Å²) in [6.07, 6.45) is -5.40. The van der Waals surface area contributed by atoms with E-state index in [2.05, 4.69) is 0 Å². The van der Waals surface area contributed by atoms with Gasteiger partial charge in [0.25, 0.3) is 0 Å². The Labute approximate surface area is 83.2 Å². The van der Waals surface area contributed by atoms with E-state index in [1.807, 2.05) is 0 Å². The first-order valence-corrected chi connectivity index (χ1v) is 3.70. The summed E-state index contributed by atoms with van der Waals surface area (Å²) in [5.74, 6) is -4.04. The maximum absolute atomic E-state index is 11.4. The van der Waals surface area contributed by atoms with Crippen molar-refractivity contribution in [3.8, 4) is 5.75 Å². The van der Waals surface area contributed by atoms with E-state index in [0.29, 0.717) is 0 Å². The summed E-state index contributed by atoms with van der Waals surface area (Å²) < 4.78 is 39.0. The summed E-state index contributed by atoms with van der Waals surface area (Å²) in [7, 11) is 0. The number of benzene rings is 1. The zero-order valence-electron chi connectivity index (χ0n) is 11.7.